The summed E-state index contributed by atoms with van der Waals surface area (Å²) in [5.41, 5.74) is 0. The number of rotatable bonds is 5. The number of nitrogens with zero attached hydrogens (tertiary/aromatic N) is 1. The van der Waals surface area contributed by atoms with Gasteiger partial charge in [0.05, 0.1) is 0 Å². The summed E-state index contributed by atoms with van der Waals surface area (Å²) in [6.45, 7) is 1.21. The second kappa shape index (κ2) is 7.21. The summed E-state index contributed by atoms with van der Waals surface area (Å²) in [5, 5.41) is 11.6. The van der Waals surface area contributed by atoms with E-state index >= 15 is 0 Å². The molecule has 5 nitrogen and oxygen atoms in total. The number of urea groups is 1. The van der Waals surface area contributed by atoms with Crippen molar-refractivity contribution in [2.45, 2.75) is 18.9 Å². The summed E-state index contributed by atoms with van der Waals surface area (Å²) < 4.78 is 0. The molecule has 1 rings (SSSR count). The minimum absolute atomic E-state index is 0.289. The Kier molecular flexibility index (Phi) is 5.90. The largest absolute Gasteiger partial charge is 0.480 e. The SMILES string of the molecule is CSCC[C@@H](NC(=O)N1CC=CCC1)C(=O)O. The zero-order valence-electron chi connectivity index (χ0n) is 9.89. The quantitative estimate of drug-likeness (QED) is 0.726. The second-order valence-electron chi connectivity index (χ2n) is 3.83. The fraction of sp³-hybridized carbons (Fsp3) is 0.636. The van der Waals surface area contributed by atoms with E-state index < -0.39 is 12.0 Å². The predicted octanol–water partition coefficient (Wildman–Crippen LogP) is 1.16. The lowest BCUT2D eigenvalue weighted by molar-refractivity contribution is -0.139. The smallest absolute Gasteiger partial charge is 0.326 e. The van der Waals surface area contributed by atoms with Crippen LogP contribution >= 0.6 is 11.8 Å². The standard InChI is InChI=1S/C11H18N2O3S/c1-17-8-5-9(10(14)15)12-11(16)13-6-3-2-4-7-13/h2-3,9H,4-8H2,1H3,(H,12,16)(H,14,15)/t9-/m1/s1. The van der Waals surface area contributed by atoms with Gasteiger partial charge in [0.1, 0.15) is 6.04 Å². The number of amides is 2. The predicted molar refractivity (Wildman–Crippen MR) is 68.3 cm³/mol. The second-order valence-corrected chi connectivity index (χ2v) is 4.81. The third-order valence-electron chi connectivity index (χ3n) is 2.55. The van der Waals surface area contributed by atoms with Gasteiger partial charge in [-0.05, 0) is 24.9 Å². The van der Waals surface area contributed by atoms with E-state index in [2.05, 4.69) is 5.32 Å². The van der Waals surface area contributed by atoms with E-state index in [1.165, 1.54) is 0 Å². The number of nitrogens with one attached hydrogen (secondary N) is 1. The number of carboxylic acids is 1. The summed E-state index contributed by atoms with van der Waals surface area (Å²) >= 11 is 1.57. The molecule has 0 spiro atoms. The van der Waals surface area contributed by atoms with Crippen LogP contribution in [-0.2, 0) is 4.79 Å². The van der Waals surface area contributed by atoms with Crippen molar-refractivity contribution in [2.24, 2.45) is 0 Å². The number of hydrogen-bond acceptors (Lipinski definition) is 3. The van der Waals surface area contributed by atoms with Gasteiger partial charge in [0.25, 0.3) is 0 Å². The lowest BCUT2D eigenvalue weighted by Crippen LogP contribution is -2.49. The molecule has 96 valence electrons. The van der Waals surface area contributed by atoms with Gasteiger partial charge < -0.3 is 15.3 Å². The van der Waals surface area contributed by atoms with Crippen molar-refractivity contribution >= 4 is 23.8 Å². The molecule has 0 radical (unpaired) electrons. The molecule has 0 bridgehead atoms. The summed E-state index contributed by atoms with van der Waals surface area (Å²) in [6.07, 6.45) is 7.13. The zero-order valence-corrected chi connectivity index (χ0v) is 10.7. The summed E-state index contributed by atoms with van der Waals surface area (Å²) in [5.74, 6) is -0.253. The Labute approximate surface area is 105 Å². The molecule has 1 aliphatic rings. The third kappa shape index (κ3) is 4.68. The molecular weight excluding hydrogens is 240 g/mol. The topological polar surface area (TPSA) is 69.6 Å². The molecule has 0 aromatic heterocycles. The fourth-order valence-electron chi connectivity index (χ4n) is 1.56. The van der Waals surface area contributed by atoms with Gasteiger partial charge in [-0.2, -0.15) is 11.8 Å². The Hall–Kier alpha value is -1.17. The molecular formula is C11H18N2O3S. The average Bonchev–Trinajstić information content (AvgIpc) is 2.35. The van der Waals surface area contributed by atoms with E-state index in [0.29, 0.717) is 19.5 Å². The molecule has 2 amide bonds. The van der Waals surface area contributed by atoms with Crippen LogP contribution in [0.1, 0.15) is 12.8 Å². The first-order chi connectivity index (χ1) is 8.15. The van der Waals surface area contributed by atoms with Crippen molar-refractivity contribution < 1.29 is 14.7 Å². The summed E-state index contributed by atoms with van der Waals surface area (Å²) in [7, 11) is 0. The van der Waals surface area contributed by atoms with Gasteiger partial charge in [-0.15, -0.1) is 0 Å². The highest BCUT2D eigenvalue weighted by atomic mass is 32.2. The monoisotopic (exact) mass is 258 g/mol. The van der Waals surface area contributed by atoms with Gasteiger partial charge >= 0.3 is 12.0 Å². The van der Waals surface area contributed by atoms with Gasteiger partial charge in [-0.1, -0.05) is 12.2 Å². The first-order valence-electron chi connectivity index (χ1n) is 5.57. The van der Waals surface area contributed by atoms with E-state index in [4.69, 9.17) is 5.11 Å². The lowest BCUT2D eigenvalue weighted by Gasteiger charge is -2.25. The molecule has 0 aromatic rings. The normalized spacial score (nSPS) is 16.6. The first-order valence-corrected chi connectivity index (χ1v) is 6.96. The molecule has 0 aromatic carbocycles. The molecule has 17 heavy (non-hydrogen) atoms. The number of carbonyl (C=O) groups excluding carboxylic acids is 1. The Balaban J connectivity index is 2.45. The molecule has 0 aliphatic carbocycles. The van der Waals surface area contributed by atoms with Gasteiger partial charge in [-0.3, -0.25) is 0 Å². The molecule has 6 heteroatoms. The van der Waals surface area contributed by atoms with Crippen molar-refractivity contribution in [3.8, 4) is 0 Å². The average molecular weight is 258 g/mol. The Morgan fingerprint density at radius 3 is 2.82 bits per heavy atom. The van der Waals surface area contributed by atoms with Crippen LogP contribution in [0, 0.1) is 0 Å². The summed E-state index contributed by atoms with van der Waals surface area (Å²) in [4.78, 5) is 24.4. The van der Waals surface area contributed by atoms with Crippen LogP contribution in [0.4, 0.5) is 4.79 Å². The van der Waals surface area contributed by atoms with Crippen molar-refractivity contribution in [1.82, 2.24) is 10.2 Å². The van der Waals surface area contributed by atoms with Crippen molar-refractivity contribution in [1.29, 1.82) is 0 Å². The van der Waals surface area contributed by atoms with Gasteiger partial charge in [0.2, 0.25) is 0 Å². The molecule has 1 atom stereocenters. The molecule has 1 aliphatic heterocycles. The van der Waals surface area contributed by atoms with Gasteiger partial charge in [-0.25, -0.2) is 9.59 Å². The highest BCUT2D eigenvalue weighted by molar-refractivity contribution is 7.98. The van der Waals surface area contributed by atoms with Gasteiger partial charge in [0.15, 0.2) is 0 Å². The maximum Gasteiger partial charge on any atom is 0.326 e. The van der Waals surface area contributed by atoms with E-state index in [0.717, 1.165) is 12.2 Å². The number of carbonyl (C=O) groups is 2. The van der Waals surface area contributed by atoms with E-state index in [1.54, 1.807) is 16.7 Å². The number of thioether (sulfide) groups is 1. The van der Waals surface area contributed by atoms with Crippen LogP contribution in [0.3, 0.4) is 0 Å². The first kappa shape index (κ1) is 13.9. The Bertz CT molecular complexity index is 307. The van der Waals surface area contributed by atoms with E-state index in [-0.39, 0.29) is 6.03 Å². The van der Waals surface area contributed by atoms with Crippen LogP contribution in [-0.4, -0.2) is 53.1 Å². The van der Waals surface area contributed by atoms with Crippen LogP contribution in [0.5, 0.6) is 0 Å². The van der Waals surface area contributed by atoms with Gasteiger partial charge in [0, 0.05) is 13.1 Å². The summed E-state index contributed by atoms with van der Waals surface area (Å²) in [6, 6.07) is -1.08. The van der Waals surface area contributed by atoms with Crippen molar-refractivity contribution in [2.75, 3.05) is 25.1 Å². The minimum Gasteiger partial charge on any atom is -0.480 e. The molecule has 0 saturated heterocycles. The van der Waals surface area contributed by atoms with Crippen LogP contribution in [0.2, 0.25) is 0 Å². The number of aliphatic carboxylic acids is 1. The van der Waals surface area contributed by atoms with Crippen molar-refractivity contribution in [3.05, 3.63) is 12.2 Å². The molecule has 0 saturated carbocycles. The highest BCUT2D eigenvalue weighted by Crippen LogP contribution is 2.05. The number of hydrogen-bond donors (Lipinski definition) is 2. The molecule has 2 N–H and O–H groups in total. The maximum atomic E-state index is 11.8. The van der Waals surface area contributed by atoms with E-state index in [1.807, 2.05) is 18.4 Å². The molecule has 1 heterocycles. The highest BCUT2D eigenvalue weighted by Gasteiger charge is 2.22. The number of carboxylic acid groups (broad SMARTS) is 1. The zero-order chi connectivity index (χ0) is 12.7. The van der Waals surface area contributed by atoms with E-state index in [9.17, 15) is 9.59 Å². The fourth-order valence-corrected chi connectivity index (χ4v) is 2.03. The lowest BCUT2D eigenvalue weighted by atomic mass is 10.2. The van der Waals surface area contributed by atoms with Crippen LogP contribution in [0.25, 0.3) is 0 Å². The van der Waals surface area contributed by atoms with Crippen LogP contribution < -0.4 is 5.32 Å². The third-order valence-corrected chi connectivity index (χ3v) is 3.20. The minimum atomic E-state index is -0.972. The van der Waals surface area contributed by atoms with Crippen LogP contribution in [0.15, 0.2) is 12.2 Å². The van der Waals surface area contributed by atoms with Crippen molar-refractivity contribution in [3.63, 3.8) is 0 Å². The molecule has 0 fully saturated rings. The Morgan fingerprint density at radius 1 is 1.53 bits per heavy atom. The maximum absolute atomic E-state index is 11.8. The Morgan fingerprint density at radius 2 is 2.29 bits per heavy atom. The molecule has 0 unspecified atom stereocenters.